The third-order valence-corrected chi connectivity index (χ3v) is 8.81. The molecule has 0 aromatic heterocycles. The van der Waals surface area contributed by atoms with Crippen LogP contribution in [0.25, 0.3) is 0 Å². The van der Waals surface area contributed by atoms with Gasteiger partial charge in [-0.2, -0.15) is 0 Å². The smallest absolute Gasteiger partial charge is 0.256 e. The van der Waals surface area contributed by atoms with Crippen molar-refractivity contribution in [3.63, 3.8) is 0 Å². The largest absolute Gasteiger partial charge is 0.493 e. The van der Waals surface area contributed by atoms with Crippen LogP contribution >= 0.6 is 0 Å². The monoisotopic (exact) mass is 620 g/mol. The molecule has 45 heavy (non-hydrogen) atoms. The van der Waals surface area contributed by atoms with Crippen molar-refractivity contribution in [1.82, 2.24) is 9.80 Å². The van der Waals surface area contributed by atoms with E-state index in [4.69, 9.17) is 18.9 Å². The first-order valence-electron chi connectivity index (χ1n) is 15.2. The molecule has 4 N–H and O–H groups in total. The molecule has 4 heterocycles. The number of hydrogen-bond donors (Lipinski definition) is 4. The summed E-state index contributed by atoms with van der Waals surface area (Å²) < 4.78 is 23.1. The van der Waals surface area contributed by atoms with Gasteiger partial charge in [0.25, 0.3) is 11.8 Å². The van der Waals surface area contributed by atoms with Crippen molar-refractivity contribution in [3.8, 4) is 23.0 Å². The lowest BCUT2D eigenvalue weighted by Crippen LogP contribution is -2.43. The Morgan fingerprint density at radius 2 is 1.13 bits per heavy atom. The van der Waals surface area contributed by atoms with Crippen molar-refractivity contribution in [2.45, 2.75) is 56.6 Å². The van der Waals surface area contributed by atoms with E-state index in [-0.39, 0.29) is 23.9 Å². The average Bonchev–Trinajstić information content (AvgIpc) is 3.58. The van der Waals surface area contributed by atoms with Crippen LogP contribution in [-0.2, 0) is 0 Å². The highest BCUT2D eigenvalue weighted by Crippen LogP contribution is 2.40. The standard InChI is InChI=1S/C33H40N4O8/c1-18-10-24-30(38)34-22-14-28(26(42-3)12-20(22)32(40)36(24)16-18)44-8-6-5-7-9-45-29-15-23-21(13-27(29)43-4)33(41)37-17-19(2)11-25(37)31(39)35-23/h12-15,24-25,30-31,34-35,38-39H,1-2,5-11,16-17H2,3-4H3/t24-,25-,30-,31-/m0/s1. The molecule has 2 fully saturated rings. The van der Waals surface area contributed by atoms with Crippen LogP contribution in [0.5, 0.6) is 23.0 Å². The quantitative estimate of drug-likeness (QED) is 0.231. The molecule has 0 radical (unpaired) electrons. The van der Waals surface area contributed by atoms with Gasteiger partial charge in [0.1, 0.15) is 12.5 Å². The maximum atomic E-state index is 13.2. The Balaban J connectivity index is 1.03. The summed E-state index contributed by atoms with van der Waals surface area (Å²) in [5.74, 6) is 1.48. The number of nitrogens with zero attached hydrogens (tertiary/aromatic N) is 2. The van der Waals surface area contributed by atoms with Crippen LogP contribution in [0.3, 0.4) is 0 Å². The number of rotatable bonds is 10. The molecule has 4 aliphatic rings. The summed E-state index contributed by atoms with van der Waals surface area (Å²) in [7, 11) is 3.05. The second kappa shape index (κ2) is 12.5. The van der Waals surface area contributed by atoms with E-state index in [2.05, 4.69) is 23.8 Å². The lowest BCUT2D eigenvalue weighted by Gasteiger charge is -2.24. The van der Waals surface area contributed by atoms with E-state index < -0.39 is 12.5 Å². The van der Waals surface area contributed by atoms with Gasteiger partial charge in [-0.25, -0.2) is 0 Å². The van der Waals surface area contributed by atoms with Gasteiger partial charge in [0.2, 0.25) is 0 Å². The molecule has 0 saturated carbocycles. The van der Waals surface area contributed by atoms with Gasteiger partial charge < -0.3 is 49.6 Å². The average molecular weight is 621 g/mol. The summed E-state index contributed by atoms with van der Waals surface area (Å²) >= 11 is 0. The van der Waals surface area contributed by atoms with Crippen LogP contribution in [0.15, 0.2) is 48.6 Å². The molecule has 2 saturated heterocycles. The Hall–Kier alpha value is -4.42. The zero-order valence-corrected chi connectivity index (χ0v) is 25.6. The third-order valence-electron chi connectivity index (χ3n) is 8.81. The van der Waals surface area contributed by atoms with Gasteiger partial charge in [-0.3, -0.25) is 9.59 Å². The molecule has 0 bridgehead atoms. The minimum Gasteiger partial charge on any atom is -0.493 e. The highest BCUT2D eigenvalue weighted by atomic mass is 16.5. The molecule has 0 spiro atoms. The van der Waals surface area contributed by atoms with E-state index in [0.717, 1.165) is 30.4 Å². The topological polar surface area (TPSA) is 142 Å². The number of anilines is 2. The van der Waals surface area contributed by atoms with Crippen LogP contribution < -0.4 is 29.6 Å². The van der Waals surface area contributed by atoms with Crippen molar-refractivity contribution < 1.29 is 38.7 Å². The van der Waals surface area contributed by atoms with Gasteiger partial charge >= 0.3 is 0 Å². The molecule has 6 rings (SSSR count). The maximum absolute atomic E-state index is 13.2. The zero-order chi connectivity index (χ0) is 31.8. The Kier molecular flexibility index (Phi) is 8.52. The lowest BCUT2D eigenvalue weighted by molar-refractivity contribution is 0.0578. The highest BCUT2D eigenvalue weighted by Gasteiger charge is 2.41. The first-order chi connectivity index (χ1) is 21.7. The Morgan fingerprint density at radius 1 is 0.711 bits per heavy atom. The van der Waals surface area contributed by atoms with Gasteiger partial charge in [0.05, 0.1) is 62.0 Å². The van der Waals surface area contributed by atoms with Crippen molar-refractivity contribution in [3.05, 3.63) is 59.7 Å². The number of carbonyl (C=O) groups is 2. The molecular weight excluding hydrogens is 580 g/mol. The molecule has 2 aromatic carbocycles. The molecule has 2 aromatic rings. The van der Waals surface area contributed by atoms with Crippen LogP contribution in [0.2, 0.25) is 0 Å². The fourth-order valence-corrected chi connectivity index (χ4v) is 6.49. The number of nitrogens with one attached hydrogen (secondary N) is 2. The van der Waals surface area contributed by atoms with E-state index in [0.29, 0.717) is 84.6 Å². The minimum atomic E-state index is -0.923. The van der Waals surface area contributed by atoms with Gasteiger partial charge in [0.15, 0.2) is 23.0 Å². The van der Waals surface area contributed by atoms with E-state index in [9.17, 15) is 19.8 Å². The second-order valence-corrected chi connectivity index (χ2v) is 11.9. The zero-order valence-electron chi connectivity index (χ0n) is 25.6. The molecule has 2 amide bonds. The highest BCUT2D eigenvalue weighted by molar-refractivity contribution is 6.02. The molecule has 12 heteroatoms. The number of hydrogen-bond acceptors (Lipinski definition) is 10. The second-order valence-electron chi connectivity index (χ2n) is 11.9. The van der Waals surface area contributed by atoms with Crippen LogP contribution in [0, 0.1) is 0 Å². The third kappa shape index (κ3) is 5.87. The SMILES string of the molecule is C=C1C[C@H]2[C@H](O)Nc3cc(OCCCCCOc4cc5c(cc4OC)C(=O)N4CC(=C)C[C@H]4[C@H](O)N5)c(OC)cc3C(=O)N2C1. The van der Waals surface area contributed by atoms with Crippen molar-refractivity contribution in [2.24, 2.45) is 0 Å². The number of carbonyl (C=O) groups excluding carboxylic acids is 2. The molecule has 4 aliphatic heterocycles. The van der Waals surface area contributed by atoms with Gasteiger partial charge in [-0.05, 0) is 44.2 Å². The molecule has 240 valence electrons. The number of unbranched alkanes of at least 4 members (excludes halogenated alkanes) is 2. The summed E-state index contributed by atoms with van der Waals surface area (Å²) in [6, 6.07) is 5.97. The Labute approximate surface area is 262 Å². The minimum absolute atomic E-state index is 0.182. The van der Waals surface area contributed by atoms with Gasteiger partial charge in [-0.15, -0.1) is 0 Å². The first kappa shape index (κ1) is 30.6. The summed E-state index contributed by atoms with van der Waals surface area (Å²) in [6.07, 6.45) is 1.54. The van der Waals surface area contributed by atoms with Crippen LogP contribution in [0.1, 0.15) is 52.8 Å². The number of fused-ring (bicyclic) bond motifs is 4. The predicted octanol–water partition coefficient (Wildman–Crippen LogP) is 3.36. The Morgan fingerprint density at radius 3 is 1.53 bits per heavy atom. The Bertz CT molecular complexity index is 1420. The van der Waals surface area contributed by atoms with E-state index in [1.54, 1.807) is 34.1 Å². The molecule has 4 atom stereocenters. The van der Waals surface area contributed by atoms with E-state index in [1.165, 1.54) is 14.2 Å². The number of methoxy groups -OCH3 is 2. The maximum Gasteiger partial charge on any atom is 0.256 e. The van der Waals surface area contributed by atoms with E-state index in [1.807, 2.05) is 0 Å². The van der Waals surface area contributed by atoms with Gasteiger partial charge in [0, 0.05) is 25.2 Å². The van der Waals surface area contributed by atoms with Gasteiger partial charge in [-0.1, -0.05) is 24.3 Å². The summed E-state index contributed by atoms with van der Waals surface area (Å²) in [6.45, 7) is 9.63. The van der Waals surface area contributed by atoms with E-state index >= 15 is 0 Å². The van der Waals surface area contributed by atoms with Crippen molar-refractivity contribution in [2.75, 3.05) is 51.2 Å². The first-order valence-corrected chi connectivity index (χ1v) is 15.2. The summed E-state index contributed by atoms with van der Waals surface area (Å²) in [5.41, 5.74) is 3.66. The predicted molar refractivity (Wildman–Crippen MR) is 167 cm³/mol. The van der Waals surface area contributed by atoms with Crippen molar-refractivity contribution >= 4 is 23.2 Å². The summed E-state index contributed by atoms with van der Waals surface area (Å²) in [5, 5.41) is 27.6. The molecule has 0 unspecified atom stereocenters. The number of aliphatic hydroxyl groups excluding tert-OH is 2. The number of benzene rings is 2. The van der Waals surface area contributed by atoms with Crippen molar-refractivity contribution in [1.29, 1.82) is 0 Å². The molecular formula is C33H40N4O8. The number of aliphatic hydroxyl groups is 2. The molecule has 12 nitrogen and oxygen atoms in total. The lowest BCUT2D eigenvalue weighted by atomic mass is 10.1. The normalized spacial score (nSPS) is 23.6. The fraction of sp³-hybridized carbons (Fsp3) is 0.455. The fourth-order valence-electron chi connectivity index (χ4n) is 6.49. The number of ether oxygens (including phenoxy) is 4. The van der Waals surface area contributed by atoms with Crippen LogP contribution in [0.4, 0.5) is 11.4 Å². The molecule has 0 aliphatic carbocycles. The summed E-state index contributed by atoms with van der Waals surface area (Å²) in [4.78, 5) is 29.8. The number of amides is 2. The van der Waals surface area contributed by atoms with Crippen LogP contribution in [-0.4, -0.2) is 96.9 Å².